The van der Waals surface area contributed by atoms with Gasteiger partial charge in [0.2, 0.25) is 0 Å². The summed E-state index contributed by atoms with van der Waals surface area (Å²) in [5.41, 5.74) is 2.57. The Morgan fingerprint density at radius 1 is 1.13 bits per heavy atom. The van der Waals surface area contributed by atoms with E-state index in [2.05, 4.69) is 15.6 Å². The lowest BCUT2D eigenvalue weighted by Gasteiger charge is -2.11. The zero-order valence-electron chi connectivity index (χ0n) is 17.0. The van der Waals surface area contributed by atoms with E-state index < -0.39 is 9.84 Å². The highest BCUT2D eigenvalue weighted by Gasteiger charge is 2.12. The molecule has 0 aliphatic rings. The van der Waals surface area contributed by atoms with Crippen LogP contribution in [-0.2, 0) is 22.8 Å². The summed E-state index contributed by atoms with van der Waals surface area (Å²) >= 11 is 0. The molecule has 0 aliphatic carbocycles. The number of halogens is 2. The van der Waals surface area contributed by atoms with Gasteiger partial charge in [-0.05, 0) is 49.2 Å². The van der Waals surface area contributed by atoms with Gasteiger partial charge in [-0.2, -0.15) is 0 Å². The van der Waals surface area contributed by atoms with Gasteiger partial charge in [0.25, 0.3) is 0 Å². The van der Waals surface area contributed by atoms with E-state index in [9.17, 15) is 12.8 Å². The highest BCUT2D eigenvalue weighted by atomic mass is 127. The van der Waals surface area contributed by atoms with Crippen LogP contribution >= 0.6 is 24.0 Å². The van der Waals surface area contributed by atoms with Gasteiger partial charge in [0.15, 0.2) is 15.8 Å². The SMILES string of the molecule is CN=C(NCCc1ccc(S(C)(=O)=O)cc1)NCc1oc2ccc(F)cc2c1C.I. The van der Waals surface area contributed by atoms with Gasteiger partial charge in [0.1, 0.15) is 17.2 Å². The fraction of sp³-hybridized carbons (Fsp3) is 0.286. The zero-order chi connectivity index (χ0) is 21.0. The maximum atomic E-state index is 13.4. The molecule has 9 heteroatoms. The van der Waals surface area contributed by atoms with Crippen LogP contribution in [0.1, 0.15) is 16.9 Å². The molecule has 0 unspecified atom stereocenters. The van der Waals surface area contributed by atoms with E-state index in [4.69, 9.17) is 4.42 Å². The molecule has 0 fully saturated rings. The van der Waals surface area contributed by atoms with Gasteiger partial charge >= 0.3 is 0 Å². The summed E-state index contributed by atoms with van der Waals surface area (Å²) in [6.45, 7) is 2.95. The van der Waals surface area contributed by atoms with E-state index in [0.29, 0.717) is 35.9 Å². The Bertz CT molecular complexity index is 1140. The van der Waals surface area contributed by atoms with Crippen molar-refractivity contribution in [2.45, 2.75) is 24.8 Å². The monoisotopic (exact) mass is 545 g/mol. The highest BCUT2D eigenvalue weighted by molar-refractivity contribution is 14.0. The molecule has 1 heterocycles. The van der Waals surface area contributed by atoms with Crippen LogP contribution in [0.3, 0.4) is 0 Å². The van der Waals surface area contributed by atoms with Crippen molar-refractivity contribution in [1.29, 1.82) is 0 Å². The molecule has 1 aromatic heterocycles. The molecular weight excluding hydrogens is 520 g/mol. The minimum atomic E-state index is -3.18. The lowest BCUT2D eigenvalue weighted by molar-refractivity contribution is 0.534. The van der Waals surface area contributed by atoms with Crippen molar-refractivity contribution in [3.8, 4) is 0 Å². The first-order chi connectivity index (χ1) is 13.8. The molecule has 2 N–H and O–H groups in total. The van der Waals surface area contributed by atoms with Crippen molar-refractivity contribution in [2.24, 2.45) is 4.99 Å². The Morgan fingerprint density at radius 3 is 2.47 bits per heavy atom. The molecule has 2 aromatic carbocycles. The quantitative estimate of drug-likeness (QED) is 0.280. The number of hydrogen-bond acceptors (Lipinski definition) is 4. The molecule has 0 saturated carbocycles. The van der Waals surface area contributed by atoms with Crippen LogP contribution in [0.15, 0.2) is 56.8 Å². The lowest BCUT2D eigenvalue weighted by Crippen LogP contribution is -2.37. The smallest absolute Gasteiger partial charge is 0.191 e. The second-order valence-corrected chi connectivity index (χ2v) is 8.83. The Morgan fingerprint density at radius 2 is 1.83 bits per heavy atom. The van der Waals surface area contributed by atoms with Gasteiger partial charge in [-0.15, -0.1) is 24.0 Å². The highest BCUT2D eigenvalue weighted by Crippen LogP contribution is 2.25. The van der Waals surface area contributed by atoms with Crippen LogP contribution < -0.4 is 10.6 Å². The number of rotatable bonds is 6. The van der Waals surface area contributed by atoms with E-state index in [0.717, 1.165) is 22.3 Å². The van der Waals surface area contributed by atoms with Crippen LogP contribution in [0.25, 0.3) is 11.0 Å². The van der Waals surface area contributed by atoms with Crippen LogP contribution in [-0.4, -0.2) is 34.2 Å². The predicted octanol–water partition coefficient (Wildman–Crippen LogP) is 3.81. The fourth-order valence-corrected chi connectivity index (χ4v) is 3.66. The molecule has 0 aliphatic heterocycles. The van der Waals surface area contributed by atoms with E-state index in [1.54, 1.807) is 25.2 Å². The molecule has 3 aromatic rings. The standard InChI is InChI=1S/C21H24FN3O3S.HI/c1-14-18-12-16(22)6-9-19(18)28-20(14)13-25-21(23-2)24-11-10-15-4-7-17(8-5-15)29(3,26)27;/h4-9,12H,10-11,13H2,1-3H3,(H2,23,24,25);1H. The lowest BCUT2D eigenvalue weighted by atomic mass is 10.1. The van der Waals surface area contributed by atoms with Crippen LogP contribution in [0.5, 0.6) is 0 Å². The minimum Gasteiger partial charge on any atom is -0.459 e. The largest absolute Gasteiger partial charge is 0.459 e. The first-order valence-electron chi connectivity index (χ1n) is 9.19. The summed E-state index contributed by atoms with van der Waals surface area (Å²) in [6.07, 6.45) is 1.91. The van der Waals surface area contributed by atoms with Crippen molar-refractivity contribution < 1.29 is 17.2 Å². The average molecular weight is 545 g/mol. The third-order valence-electron chi connectivity index (χ3n) is 4.69. The molecule has 0 bridgehead atoms. The van der Waals surface area contributed by atoms with Crippen molar-refractivity contribution in [3.05, 3.63) is 65.2 Å². The molecule has 162 valence electrons. The maximum Gasteiger partial charge on any atom is 0.191 e. The van der Waals surface area contributed by atoms with Crippen molar-refractivity contribution in [2.75, 3.05) is 19.8 Å². The van der Waals surface area contributed by atoms with Gasteiger partial charge in [0, 0.05) is 30.8 Å². The number of benzene rings is 2. The first-order valence-corrected chi connectivity index (χ1v) is 11.1. The predicted molar refractivity (Wildman–Crippen MR) is 128 cm³/mol. The number of nitrogens with one attached hydrogen (secondary N) is 2. The second-order valence-electron chi connectivity index (χ2n) is 6.81. The molecule has 0 radical (unpaired) electrons. The Kier molecular flexibility index (Phi) is 8.25. The second kappa shape index (κ2) is 10.3. The fourth-order valence-electron chi connectivity index (χ4n) is 3.03. The summed E-state index contributed by atoms with van der Waals surface area (Å²) in [4.78, 5) is 4.50. The van der Waals surface area contributed by atoms with E-state index >= 15 is 0 Å². The van der Waals surface area contributed by atoms with Crippen molar-refractivity contribution >= 4 is 50.7 Å². The summed E-state index contributed by atoms with van der Waals surface area (Å²) in [7, 11) is -1.50. The number of aryl methyl sites for hydroxylation is 1. The Balaban J connectivity index is 0.00000320. The third kappa shape index (κ3) is 5.94. The number of nitrogens with zero attached hydrogens (tertiary/aromatic N) is 1. The van der Waals surface area contributed by atoms with Crippen LogP contribution in [0.4, 0.5) is 4.39 Å². The molecule has 3 rings (SSSR count). The van der Waals surface area contributed by atoms with Gasteiger partial charge in [-0.1, -0.05) is 12.1 Å². The normalized spacial score (nSPS) is 11.9. The number of guanidine groups is 1. The van der Waals surface area contributed by atoms with Gasteiger partial charge < -0.3 is 15.1 Å². The minimum absolute atomic E-state index is 0. The Labute approximate surface area is 192 Å². The summed E-state index contributed by atoms with van der Waals surface area (Å²) < 4.78 is 42.3. The molecule has 0 saturated heterocycles. The summed E-state index contributed by atoms with van der Waals surface area (Å²) in [5, 5.41) is 7.17. The first kappa shape index (κ1) is 24.1. The van der Waals surface area contributed by atoms with Crippen molar-refractivity contribution in [1.82, 2.24) is 10.6 Å². The summed E-state index contributed by atoms with van der Waals surface area (Å²) in [5.74, 6) is 1.05. The van der Waals surface area contributed by atoms with Crippen LogP contribution in [0.2, 0.25) is 0 Å². The number of aliphatic imine (C=N–C) groups is 1. The van der Waals surface area contributed by atoms with Crippen LogP contribution in [0, 0.1) is 12.7 Å². The molecule has 0 amide bonds. The van der Waals surface area contributed by atoms with Gasteiger partial charge in [-0.25, -0.2) is 12.8 Å². The molecule has 0 spiro atoms. The number of hydrogen-bond donors (Lipinski definition) is 2. The number of furan rings is 1. The van der Waals surface area contributed by atoms with E-state index in [1.165, 1.54) is 18.4 Å². The molecule has 0 atom stereocenters. The maximum absolute atomic E-state index is 13.4. The number of sulfone groups is 1. The third-order valence-corrected chi connectivity index (χ3v) is 5.82. The molecule has 30 heavy (non-hydrogen) atoms. The van der Waals surface area contributed by atoms with Gasteiger partial charge in [-0.3, -0.25) is 4.99 Å². The zero-order valence-corrected chi connectivity index (χ0v) is 20.2. The topological polar surface area (TPSA) is 83.7 Å². The van der Waals surface area contributed by atoms with E-state index in [-0.39, 0.29) is 29.8 Å². The van der Waals surface area contributed by atoms with Crippen molar-refractivity contribution in [3.63, 3.8) is 0 Å². The Hall–Kier alpha value is -2.14. The average Bonchev–Trinajstić information content (AvgIpc) is 2.99. The molecular formula is C21H25FIN3O3S. The van der Waals surface area contributed by atoms with Gasteiger partial charge in [0.05, 0.1) is 11.4 Å². The van der Waals surface area contributed by atoms with E-state index in [1.807, 2.05) is 19.1 Å². The summed E-state index contributed by atoms with van der Waals surface area (Å²) in [6, 6.07) is 11.3. The molecule has 6 nitrogen and oxygen atoms in total. The number of fused-ring (bicyclic) bond motifs is 1.